The normalized spacial score (nSPS) is 13.7. The predicted molar refractivity (Wildman–Crippen MR) is 97.3 cm³/mol. The van der Waals surface area contributed by atoms with Crippen LogP contribution in [0.4, 0.5) is 0 Å². The fraction of sp³-hybridized carbons (Fsp3) is 0.889. The number of aliphatic hydroxyl groups excluding tert-OH is 2. The Morgan fingerprint density at radius 2 is 1.26 bits per heavy atom. The van der Waals surface area contributed by atoms with E-state index >= 15 is 0 Å². The SMILES string of the molecule is CCCCCCCCCCCCCC=CC(O)C(N)CO.NO. The van der Waals surface area contributed by atoms with E-state index in [1.54, 1.807) is 6.08 Å². The summed E-state index contributed by atoms with van der Waals surface area (Å²) in [5.41, 5.74) is 5.51. The van der Waals surface area contributed by atoms with Crippen LogP contribution in [0.15, 0.2) is 12.2 Å². The van der Waals surface area contributed by atoms with Gasteiger partial charge >= 0.3 is 0 Å². The van der Waals surface area contributed by atoms with Gasteiger partial charge in [0.05, 0.1) is 18.8 Å². The molecule has 0 fully saturated rings. The van der Waals surface area contributed by atoms with E-state index in [-0.39, 0.29) is 6.61 Å². The summed E-state index contributed by atoms with van der Waals surface area (Å²) in [6, 6.07) is -0.557. The molecule has 2 unspecified atom stereocenters. The molecule has 0 radical (unpaired) electrons. The molecule has 7 N–H and O–H groups in total. The van der Waals surface area contributed by atoms with Crippen LogP contribution >= 0.6 is 0 Å². The molecule has 0 heterocycles. The van der Waals surface area contributed by atoms with E-state index in [0.717, 1.165) is 6.42 Å². The molecule has 0 saturated carbocycles. The molecule has 0 aliphatic carbocycles. The van der Waals surface area contributed by atoms with Gasteiger partial charge < -0.3 is 21.2 Å². The first-order chi connectivity index (χ1) is 11.2. The molecule has 0 aromatic heterocycles. The molecule has 140 valence electrons. The number of hydrogen-bond donors (Lipinski definition) is 5. The molecule has 5 heteroatoms. The van der Waals surface area contributed by atoms with Crippen molar-refractivity contribution in [3.05, 3.63) is 12.2 Å². The largest absolute Gasteiger partial charge is 0.395 e. The first kappa shape index (κ1) is 24.8. The van der Waals surface area contributed by atoms with Crippen molar-refractivity contribution in [1.29, 1.82) is 0 Å². The molecule has 5 nitrogen and oxygen atoms in total. The fourth-order valence-electron chi connectivity index (χ4n) is 2.41. The minimum atomic E-state index is -0.720. The van der Waals surface area contributed by atoms with Crippen LogP contribution in [0.5, 0.6) is 0 Å². The third-order valence-electron chi connectivity index (χ3n) is 3.96. The van der Waals surface area contributed by atoms with Gasteiger partial charge in [0.1, 0.15) is 0 Å². The van der Waals surface area contributed by atoms with Crippen LogP contribution in [0.3, 0.4) is 0 Å². The lowest BCUT2D eigenvalue weighted by molar-refractivity contribution is 0.144. The van der Waals surface area contributed by atoms with Crippen LogP contribution in [-0.4, -0.2) is 34.2 Å². The minimum absolute atomic E-state index is 0.177. The van der Waals surface area contributed by atoms with Crippen molar-refractivity contribution in [3.8, 4) is 0 Å². The van der Waals surface area contributed by atoms with Crippen LogP contribution in [0.25, 0.3) is 0 Å². The van der Waals surface area contributed by atoms with Gasteiger partial charge in [0.15, 0.2) is 0 Å². The third kappa shape index (κ3) is 19.5. The summed E-state index contributed by atoms with van der Waals surface area (Å²) in [6.45, 7) is 2.08. The molecule has 0 aliphatic rings. The van der Waals surface area contributed by atoms with Crippen LogP contribution in [0.2, 0.25) is 0 Å². The standard InChI is InChI=1S/C18H37NO2.H3NO/c1-2-3-4-5-6-7-8-9-10-11-12-13-14-15-18(21)17(19)16-20;1-2/h14-15,17-18,20-21H,2-13,16,19H2,1H3;2H,1H2. The Kier molecular flexibility index (Phi) is 23.2. The highest BCUT2D eigenvalue weighted by atomic mass is 16.4. The van der Waals surface area contributed by atoms with Crippen LogP contribution in [0.1, 0.15) is 84.0 Å². The Bertz CT molecular complexity index is 238. The van der Waals surface area contributed by atoms with Crippen molar-refractivity contribution >= 4 is 0 Å². The molecular formula is C18H40N2O3. The van der Waals surface area contributed by atoms with E-state index in [1.807, 2.05) is 6.08 Å². The monoisotopic (exact) mass is 332 g/mol. The molecule has 2 atom stereocenters. The maximum absolute atomic E-state index is 9.52. The van der Waals surface area contributed by atoms with Gasteiger partial charge in [-0.3, -0.25) is 0 Å². The summed E-state index contributed by atoms with van der Waals surface area (Å²) in [4.78, 5) is 0. The van der Waals surface area contributed by atoms with Crippen molar-refractivity contribution in [2.75, 3.05) is 6.61 Å². The number of nitrogens with two attached hydrogens (primary N) is 2. The Hall–Kier alpha value is -0.460. The molecule has 0 aromatic carbocycles. The van der Waals surface area contributed by atoms with E-state index in [0.29, 0.717) is 0 Å². The summed E-state index contributed by atoms with van der Waals surface area (Å²) >= 11 is 0. The lowest BCUT2D eigenvalue weighted by atomic mass is 10.0. The van der Waals surface area contributed by atoms with E-state index < -0.39 is 12.1 Å². The van der Waals surface area contributed by atoms with Gasteiger partial charge in [-0.15, -0.1) is 0 Å². The molecule has 0 bridgehead atoms. The average Bonchev–Trinajstić information content (AvgIpc) is 2.59. The number of allylic oxidation sites excluding steroid dienone is 1. The van der Waals surface area contributed by atoms with Gasteiger partial charge in [0.25, 0.3) is 0 Å². The van der Waals surface area contributed by atoms with Crippen LogP contribution in [-0.2, 0) is 0 Å². The Morgan fingerprint density at radius 1 is 0.826 bits per heavy atom. The van der Waals surface area contributed by atoms with Crippen LogP contribution in [0, 0.1) is 0 Å². The summed E-state index contributed by atoms with van der Waals surface area (Å²) in [6.07, 6.45) is 18.8. The zero-order valence-electron chi connectivity index (χ0n) is 15.0. The highest BCUT2D eigenvalue weighted by molar-refractivity contribution is 4.93. The zero-order chi connectivity index (χ0) is 17.8. The molecule has 23 heavy (non-hydrogen) atoms. The van der Waals surface area contributed by atoms with E-state index in [1.165, 1.54) is 70.6 Å². The smallest absolute Gasteiger partial charge is 0.0894 e. The van der Waals surface area contributed by atoms with Crippen LogP contribution < -0.4 is 11.6 Å². The molecule has 0 amide bonds. The lowest BCUT2D eigenvalue weighted by Gasteiger charge is -2.11. The predicted octanol–water partition coefficient (Wildman–Crippen LogP) is 3.26. The van der Waals surface area contributed by atoms with E-state index in [9.17, 15) is 5.11 Å². The summed E-state index contributed by atoms with van der Waals surface area (Å²) in [5.74, 6) is 3.50. The summed E-state index contributed by atoms with van der Waals surface area (Å²) in [7, 11) is 0. The molecular weight excluding hydrogens is 292 g/mol. The lowest BCUT2D eigenvalue weighted by Crippen LogP contribution is -2.36. The van der Waals surface area contributed by atoms with Crippen molar-refractivity contribution in [3.63, 3.8) is 0 Å². The number of hydrogen-bond acceptors (Lipinski definition) is 5. The average molecular weight is 333 g/mol. The number of aliphatic hydroxyl groups is 2. The highest BCUT2D eigenvalue weighted by Gasteiger charge is 2.08. The topological polar surface area (TPSA) is 113 Å². The maximum atomic E-state index is 9.52. The van der Waals surface area contributed by atoms with Gasteiger partial charge in [0, 0.05) is 0 Å². The van der Waals surface area contributed by atoms with Crippen molar-refractivity contribution in [1.82, 2.24) is 0 Å². The molecule has 0 aromatic rings. The summed E-state index contributed by atoms with van der Waals surface area (Å²) < 4.78 is 0. The second kappa shape index (κ2) is 21.5. The minimum Gasteiger partial charge on any atom is -0.395 e. The van der Waals surface area contributed by atoms with Gasteiger partial charge in [-0.05, 0) is 12.8 Å². The molecule has 0 aliphatic heterocycles. The van der Waals surface area contributed by atoms with Gasteiger partial charge in [-0.2, -0.15) is 0 Å². The van der Waals surface area contributed by atoms with Gasteiger partial charge in [-0.25, -0.2) is 5.90 Å². The first-order valence-electron chi connectivity index (χ1n) is 9.19. The maximum Gasteiger partial charge on any atom is 0.0894 e. The second-order valence-corrected chi connectivity index (χ2v) is 6.09. The highest BCUT2D eigenvalue weighted by Crippen LogP contribution is 2.12. The van der Waals surface area contributed by atoms with Gasteiger partial charge in [0.2, 0.25) is 0 Å². The Morgan fingerprint density at radius 3 is 1.70 bits per heavy atom. The van der Waals surface area contributed by atoms with E-state index in [2.05, 4.69) is 12.8 Å². The summed E-state index contributed by atoms with van der Waals surface area (Å²) in [5, 5.41) is 24.8. The van der Waals surface area contributed by atoms with Gasteiger partial charge in [-0.1, -0.05) is 83.3 Å². The Labute approximate surface area is 142 Å². The van der Waals surface area contributed by atoms with Crippen molar-refractivity contribution in [2.45, 2.75) is 96.1 Å². The molecule has 0 spiro atoms. The fourth-order valence-corrected chi connectivity index (χ4v) is 2.41. The first-order valence-corrected chi connectivity index (χ1v) is 9.19. The second-order valence-electron chi connectivity index (χ2n) is 6.09. The number of rotatable bonds is 15. The Balaban J connectivity index is 0. The quantitative estimate of drug-likeness (QED) is 0.179. The molecule has 0 rings (SSSR count). The van der Waals surface area contributed by atoms with Crippen molar-refractivity contribution < 1.29 is 15.4 Å². The van der Waals surface area contributed by atoms with Crippen molar-refractivity contribution in [2.24, 2.45) is 11.6 Å². The van der Waals surface area contributed by atoms with E-state index in [4.69, 9.17) is 16.0 Å². The third-order valence-corrected chi connectivity index (χ3v) is 3.96. The number of unbranched alkanes of at least 4 members (excludes halogenated alkanes) is 11. The molecule has 0 saturated heterocycles. The zero-order valence-corrected chi connectivity index (χ0v) is 15.0.